The summed E-state index contributed by atoms with van der Waals surface area (Å²) in [5.41, 5.74) is 7.86. The lowest BCUT2D eigenvalue weighted by atomic mass is 10.1. The van der Waals surface area contributed by atoms with Crippen LogP contribution in [0.3, 0.4) is 0 Å². The van der Waals surface area contributed by atoms with Crippen molar-refractivity contribution < 1.29 is 4.79 Å². The topological polar surface area (TPSA) is 55.1 Å². The summed E-state index contributed by atoms with van der Waals surface area (Å²) in [5, 5.41) is 2.77. The number of rotatable bonds is 2. The second kappa shape index (κ2) is 22.2. The average molecular weight is 365 g/mol. The molecule has 1 aromatic rings. The number of thiol groups is 1. The third-order valence-corrected chi connectivity index (χ3v) is 2.53. The molecule has 1 heterocycles. The van der Waals surface area contributed by atoms with E-state index in [1.165, 1.54) is 0 Å². The number of allylic oxidation sites excluding steroid dienone is 4. The highest BCUT2D eigenvalue weighted by Crippen LogP contribution is 2.30. The summed E-state index contributed by atoms with van der Waals surface area (Å²) in [7, 11) is 0. The largest absolute Gasteiger partial charge is 0.327 e. The minimum atomic E-state index is -0.0633. The minimum Gasteiger partial charge on any atom is -0.327 e. The van der Waals surface area contributed by atoms with Crippen molar-refractivity contribution in [2.24, 2.45) is 5.73 Å². The highest BCUT2D eigenvalue weighted by atomic mass is 32.1. The molecule has 0 spiro atoms. The van der Waals surface area contributed by atoms with E-state index in [9.17, 15) is 4.79 Å². The molecule has 0 atom stereocenters. The molecule has 1 amide bonds. The Morgan fingerprint density at radius 2 is 1.48 bits per heavy atom. The molecule has 142 valence electrons. The van der Waals surface area contributed by atoms with Crippen molar-refractivity contribution >= 4 is 29.8 Å². The first-order valence-corrected chi connectivity index (χ1v) is 9.63. The molecule has 1 aliphatic rings. The van der Waals surface area contributed by atoms with E-state index in [-0.39, 0.29) is 5.91 Å². The third kappa shape index (κ3) is 12.3. The minimum absolute atomic E-state index is 0.0633. The molecule has 1 aromatic carbocycles. The fourth-order valence-corrected chi connectivity index (χ4v) is 1.68. The fourth-order valence-electron chi connectivity index (χ4n) is 1.68. The van der Waals surface area contributed by atoms with E-state index in [0.29, 0.717) is 12.1 Å². The van der Waals surface area contributed by atoms with E-state index >= 15 is 0 Å². The molecule has 0 aromatic heterocycles. The van der Waals surface area contributed by atoms with Crippen LogP contribution in [0.2, 0.25) is 0 Å². The SMILES string of the molecule is C/C=C\C=C/C.CC.CC.CS.NC/C=C1\C(=O)Nc2ccccc21. The van der Waals surface area contributed by atoms with E-state index < -0.39 is 0 Å². The predicted molar refractivity (Wildman–Crippen MR) is 119 cm³/mol. The number of nitrogens with one attached hydrogen (secondary N) is 1. The number of carbonyl (C=O) groups excluding carboxylic acids is 1. The van der Waals surface area contributed by atoms with Crippen molar-refractivity contribution in [1.82, 2.24) is 0 Å². The van der Waals surface area contributed by atoms with E-state index in [1.54, 1.807) is 12.3 Å². The number of amides is 1. The smallest absolute Gasteiger partial charge is 0.256 e. The number of nitrogens with two attached hydrogens (primary N) is 1. The lowest BCUT2D eigenvalue weighted by molar-refractivity contribution is -0.110. The van der Waals surface area contributed by atoms with Gasteiger partial charge in [0.1, 0.15) is 0 Å². The maximum absolute atomic E-state index is 11.4. The standard InChI is InChI=1S/C10H10N2O.C6H10.2C2H6.CH4S/c11-6-5-8-7-3-1-2-4-9(7)12-10(8)13;1-3-5-6-4-2;3*1-2/h1-5H,6,11H2,(H,12,13);3-6H,1-2H3;2*1-2H3;2H,1H3/b8-5-;5-3-,6-4-;;;. The number of hydrogen-bond donors (Lipinski definition) is 3. The maximum atomic E-state index is 11.4. The molecule has 3 N–H and O–H groups in total. The highest BCUT2D eigenvalue weighted by molar-refractivity contribution is 7.79. The quantitative estimate of drug-likeness (QED) is 0.357. The summed E-state index contributed by atoms with van der Waals surface area (Å²) < 4.78 is 0. The van der Waals surface area contributed by atoms with Gasteiger partial charge >= 0.3 is 0 Å². The molecule has 0 unspecified atom stereocenters. The van der Waals surface area contributed by atoms with Crippen molar-refractivity contribution in [1.29, 1.82) is 0 Å². The van der Waals surface area contributed by atoms with Gasteiger partial charge in [-0.25, -0.2) is 0 Å². The number of para-hydroxylation sites is 1. The summed E-state index contributed by atoms with van der Waals surface area (Å²) in [6.45, 7) is 12.4. The van der Waals surface area contributed by atoms with Crippen molar-refractivity contribution in [3.63, 3.8) is 0 Å². The molecular weight excluding hydrogens is 328 g/mol. The molecule has 0 radical (unpaired) electrons. The van der Waals surface area contributed by atoms with Crippen molar-refractivity contribution in [3.05, 3.63) is 60.2 Å². The van der Waals surface area contributed by atoms with Crippen molar-refractivity contribution in [2.75, 3.05) is 18.1 Å². The van der Waals surface area contributed by atoms with Gasteiger partial charge in [0.25, 0.3) is 5.91 Å². The molecule has 25 heavy (non-hydrogen) atoms. The van der Waals surface area contributed by atoms with Crippen LogP contribution in [-0.2, 0) is 4.79 Å². The normalized spacial score (nSPS) is 12.5. The van der Waals surface area contributed by atoms with Crippen LogP contribution in [0, 0.1) is 0 Å². The number of carbonyl (C=O) groups is 1. The first-order chi connectivity index (χ1) is 12.2. The Hall–Kier alpha value is -1.78. The maximum Gasteiger partial charge on any atom is 0.256 e. The fraction of sp³-hybridized carbons (Fsp3) is 0.381. The number of anilines is 1. The molecular formula is C21H36N2OS. The van der Waals surface area contributed by atoms with Crippen LogP contribution in [0.25, 0.3) is 5.57 Å². The first-order valence-electron chi connectivity index (χ1n) is 8.74. The Morgan fingerprint density at radius 3 is 1.92 bits per heavy atom. The van der Waals surface area contributed by atoms with Crippen molar-refractivity contribution in [3.8, 4) is 0 Å². The summed E-state index contributed by atoms with van der Waals surface area (Å²) in [6.07, 6.45) is 11.4. The van der Waals surface area contributed by atoms with E-state index in [2.05, 4.69) is 17.9 Å². The summed E-state index contributed by atoms with van der Waals surface area (Å²) in [5.74, 6) is -0.0633. The van der Waals surface area contributed by atoms with Crippen LogP contribution in [0.4, 0.5) is 5.69 Å². The molecule has 0 fully saturated rings. The average Bonchev–Trinajstić information content (AvgIpc) is 3.01. The Kier molecular flexibility index (Phi) is 24.9. The number of hydrogen-bond acceptors (Lipinski definition) is 3. The van der Waals surface area contributed by atoms with Crippen LogP contribution >= 0.6 is 12.6 Å². The lowest BCUT2D eigenvalue weighted by Gasteiger charge is -1.94. The van der Waals surface area contributed by atoms with Crippen LogP contribution in [0.15, 0.2) is 54.6 Å². The zero-order valence-electron chi connectivity index (χ0n) is 16.8. The van der Waals surface area contributed by atoms with Crippen LogP contribution in [-0.4, -0.2) is 18.7 Å². The Morgan fingerprint density at radius 1 is 1.00 bits per heavy atom. The van der Waals surface area contributed by atoms with E-state index in [0.717, 1.165) is 11.3 Å². The van der Waals surface area contributed by atoms with Crippen LogP contribution in [0.1, 0.15) is 47.1 Å². The van der Waals surface area contributed by atoms with Gasteiger partial charge < -0.3 is 11.1 Å². The van der Waals surface area contributed by atoms with Gasteiger partial charge in [0.2, 0.25) is 0 Å². The lowest BCUT2D eigenvalue weighted by Crippen LogP contribution is -2.05. The molecule has 4 heteroatoms. The van der Waals surface area contributed by atoms with Gasteiger partial charge in [-0.05, 0) is 26.2 Å². The summed E-state index contributed by atoms with van der Waals surface area (Å²) >= 11 is 3.53. The zero-order chi connectivity index (χ0) is 20.1. The van der Waals surface area contributed by atoms with Gasteiger partial charge in [-0.1, -0.05) is 76.3 Å². The van der Waals surface area contributed by atoms with Crippen LogP contribution in [0.5, 0.6) is 0 Å². The Labute approximate surface area is 160 Å². The molecule has 1 aliphatic heterocycles. The third-order valence-electron chi connectivity index (χ3n) is 2.53. The van der Waals surface area contributed by atoms with Crippen LogP contribution < -0.4 is 11.1 Å². The van der Waals surface area contributed by atoms with Gasteiger partial charge in [0, 0.05) is 23.4 Å². The Balaban J connectivity index is -0.000000343. The molecule has 0 aliphatic carbocycles. The highest BCUT2D eigenvalue weighted by Gasteiger charge is 2.22. The summed E-state index contributed by atoms with van der Waals surface area (Å²) in [4.78, 5) is 11.4. The van der Waals surface area contributed by atoms with Gasteiger partial charge in [0.05, 0.1) is 0 Å². The van der Waals surface area contributed by atoms with Gasteiger partial charge in [-0.2, -0.15) is 12.6 Å². The molecule has 0 saturated heterocycles. The molecule has 2 rings (SSSR count). The molecule has 3 nitrogen and oxygen atoms in total. The monoisotopic (exact) mass is 364 g/mol. The van der Waals surface area contributed by atoms with Crippen molar-refractivity contribution in [2.45, 2.75) is 41.5 Å². The molecule has 0 saturated carbocycles. The predicted octanol–water partition coefficient (Wildman–Crippen LogP) is 5.72. The second-order valence-electron chi connectivity index (χ2n) is 3.90. The van der Waals surface area contributed by atoms with E-state index in [4.69, 9.17) is 5.73 Å². The zero-order valence-corrected chi connectivity index (χ0v) is 17.7. The number of fused-ring (bicyclic) bond motifs is 1. The summed E-state index contributed by atoms with van der Waals surface area (Å²) in [6, 6.07) is 7.59. The van der Waals surface area contributed by atoms with Gasteiger partial charge in [-0.3, -0.25) is 4.79 Å². The first kappa shape index (κ1) is 28.0. The van der Waals surface area contributed by atoms with Gasteiger partial charge in [-0.15, -0.1) is 0 Å². The Bertz CT molecular complexity index is 510. The van der Waals surface area contributed by atoms with E-state index in [1.807, 2.05) is 90.1 Å². The second-order valence-corrected chi connectivity index (χ2v) is 3.90. The number of benzene rings is 1. The molecule has 0 bridgehead atoms. The van der Waals surface area contributed by atoms with Gasteiger partial charge in [0.15, 0.2) is 0 Å².